The van der Waals surface area contributed by atoms with Gasteiger partial charge in [0.15, 0.2) is 11.6 Å². The highest BCUT2D eigenvalue weighted by Gasteiger charge is 2.28. The first-order valence-electron chi connectivity index (χ1n) is 6.01. The van der Waals surface area contributed by atoms with Crippen LogP contribution in [-0.2, 0) is 0 Å². The van der Waals surface area contributed by atoms with Gasteiger partial charge in [-0.3, -0.25) is 9.59 Å². The number of carbonyl (C=O) groups excluding carboxylic acids is 2. The molecule has 0 unspecified atom stereocenters. The average molecular weight is 329 g/mol. The first-order valence-corrected chi connectivity index (χ1v) is 6.80. The Labute approximate surface area is 123 Å². The number of fused-ring (bicyclic) bond motifs is 1. The molecule has 0 saturated carbocycles. The van der Waals surface area contributed by atoms with E-state index >= 15 is 0 Å². The van der Waals surface area contributed by atoms with Gasteiger partial charge in [0.1, 0.15) is 0 Å². The molecule has 1 aliphatic carbocycles. The lowest BCUT2D eigenvalue weighted by atomic mass is 9.88. The van der Waals surface area contributed by atoms with Crippen molar-refractivity contribution in [3.05, 3.63) is 58.2 Å². The average Bonchev–Trinajstić information content (AvgIpc) is 2.47. The second kappa shape index (κ2) is 5.09. The summed E-state index contributed by atoms with van der Waals surface area (Å²) in [6.45, 7) is 0. The topological polar surface area (TPSA) is 59.4 Å². The molecule has 0 spiro atoms. The Morgan fingerprint density at radius 3 is 2.50 bits per heavy atom. The normalized spacial score (nSPS) is 16.4. The van der Waals surface area contributed by atoms with E-state index in [1.54, 1.807) is 42.6 Å². The van der Waals surface area contributed by atoms with Gasteiger partial charge in [0.05, 0.1) is 12.1 Å². The van der Waals surface area contributed by atoms with Crippen molar-refractivity contribution >= 4 is 39.0 Å². The van der Waals surface area contributed by atoms with E-state index in [1.165, 1.54) is 0 Å². The molecule has 0 fully saturated rings. The molecule has 0 bridgehead atoms. The molecule has 1 heterocycles. The van der Waals surface area contributed by atoms with Crippen molar-refractivity contribution < 1.29 is 9.59 Å². The first kappa shape index (κ1) is 12.9. The number of aliphatic imine (C=N–C) groups is 1. The highest BCUT2D eigenvalue weighted by atomic mass is 79.9. The number of hydrogen-bond acceptors (Lipinski definition) is 4. The maximum atomic E-state index is 12.3. The molecule has 3 rings (SSSR count). The Morgan fingerprint density at radius 2 is 1.80 bits per heavy atom. The standard InChI is InChI=1S/C15H9BrN2O2/c16-9-5-6-14(17-8-9)18-12-7-13(19)10-3-1-2-4-11(10)15(12)20/h1-6,8H,7H2. The van der Waals surface area contributed by atoms with E-state index in [2.05, 4.69) is 25.9 Å². The third-order valence-corrected chi connectivity index (χ3v) is 3.49. The van der Waals surface area contributed by atoms with Crippen LogP contribution in [0.25, 0.3) is 0 Å². The van der Waals surface area contributed by atoms with Gasteiger partial charge in [0, 0.05) is 21.8 Å². The van der Waals surface area contributed by atoms with Gasteiger partial charge >= 0.3 is 0 Å². The second-order valence-electron chi connectivity index (χ2n) is 4.37. The molecular formula is C15H9BrN2O2. The fourth-order valence-electron chi connectivity index (χ4n) is 2.07. The van der Waals surface area contributed by atoms with Crippen LogP contribution in [0.2, 0.25) is 0 Å². The molecule has 98 valence electrons. The number of Topliss-reactive ketones (excluding diaryl/α,β-unsaturated/α-hetero) is 2. The van der Waals surface area contributed by atoms with E-state index in [0.717, 1.165) is 4.47 Å². The summed E-state index contributed by atoms with van der Waals surface area (Å²) >= 11 is 3.28. The molecule has 5 heteroatoms. The minimum Gasteiger partial charge on any atom is -0.294 e. The fourth-order valence-corrected chi connectivity index (χ4v) is 2.30. The Balaban J connectivity index is 2.03. The summed E-state index contributed by atoms with van der Waals surface area (Å²) in [5, 5.41) is 0. The van der Waals surface area contributed by atoms with Gasteiger partial charge in [-0.1, -0.05) is 24.3 Å². The van der Waals surface area contributed by atoms with E-state index in [0.29, 0.717) is 16.9 Å². The molecular weight excluding hydrogens is 320 g/mol. The van der Waals surface area contributed by atoms with E-state index < -0.39 is 0 Å². The minimum atomic E-state index is -0.204. The Hall–Kier alpha value is -2.14. The van der Waals surface area contributed by atoms with Crippen LogP contribution in [0.5, 0.6) is 0 Å². The van der Waals surface area contributed by atoms with E-state index in [4.69, 9.17) is 0 Å². The van der Waals surface area contributed by atoms with Crippen molar-refractivity contribution in [1.29, 1.82) is 0 Å². The maximum absolute atomic E-state index is 12.3. The number of pyridine rings is 1. The van der Waals surface area contributed by atoms with Gasteiger partial charge in [-0.2, -0.15) is 0 Å². The Morgan fingerprint density at radius 1 is 1.05 bits per heavy atom. The lowest BCUT2D eigenvalue weighted by Gasteiger charge is -2.14. The summed E-state index contributed by atoms with van der Waals surface area (Å²) in [7, 11) is 0. The van der Waals surface area contributed by atoms with Crippen molar-refractivity contribution in [3.8, 4) is 0 Å². The summed E-state index contributed by atoms with van der Waals surface area (Å²) in [4.78, 5) is 32.6. The van der Waals surface area contributed by atoms with Crippen molar-refractivity contribution in [2.24, 2.45) is 4.99 Å². The zero-order valence-electron chi connectivity index (χ0n) is 10.3. The molecule has 1 aromatic carbocycles. The van der Waals surface area contributed by atoms with Crippen molar-refractivity contribution in [3.63, 3.8) is 0 Å². The van der Waals surface area contributed by atoms with Crippen LogP contribution < -0.4 is 0 Å². The third kappa shape index (κ3) is 2.32. The molecule has 2 aromatic rings. The van der Waals surface area contributed by atoms with Crippen LogP contribution in [0.15, 0.2) is 52.1 Å². The Bertz CT molecular complexity index is 736. The second-order valence-corrected chi connectivity index (χ2v) is 5.28. The zero-order valence-corrected chi connectivity index (χ0v) is 11.9. The van der Waals surface area contributed by atoms with Crippen molar-refractivity contribution in [1.82, 2.24) is 4.98 Å². The van der Waals surface area contributed by atoms with Crippen LogP contribution in [0.3, 0.4) is 0 Å². The van der Waals surface area contributed by atoms with Gasteiger partial charge in [-0.15, -0.1) is 0 Å². The monoisotopic (exact) mass is 328 g/mol. The summed E-state index contributed by atoms with van der Waals surface area (Å²) in [5.74, 6) is 0.129. The van der Waals surface area contributed by atoms with Crippen molar-refractivity contribution in [2.45, 2.75) is 6.42 Å². The smallest absolute Gasteiger partial charge is 0.208 e. The molecule has 0 atom stereocenters. The number of rotatable bonds is 1. The van der Waals surface area contributed by atoms with E-state index in [9.17, 15) is 9.59 Å². The predicted molar refractivity (Wildman–Crippen MR) is 78.8 cm³/mol. The number of benzene rings is 1. The Kier molecular flexibility index (Phi) is 3.28. The molecule has 0 aliphatic heterocycles. The molecule has 1 aliphatic rings. The summed E-state index contributed by atoms with van der Waals surface area (Å²) in [6.07, 6.45) is 1.62. The fraction of sp³-hybridized carbons (Fsp3) is 0.0667. The maximum Gasteiger partial charge on any atom is 0.208 e. The van der Waals surface area contributed by atoms with Crippen LogP contribution in [0.1, 0.15) is 27.1 Å². The number of nitrogens with zero attached hydrogens (tertiary/aromatic N) is 2. The molecule has 0 N–H and O–H groups in total. The predicted octanol–water partition coefficient (Wildman–Crippen LogP) is 3.39. The summed E-state index contributed by atoms with van der Waals surface area (Å²) in [6, 6.07) is 10.3. The lowest BCUT2D eigenvalue weighted by Crippen LogP contribution is -2.26. The molecule has 4 nitrogen and oxygen atoms in total. The number of aromatic nitrogens is 1. The van der Waals surface area contributed by atoms with E-state index in [-0.39, 0.29) is 23.7 Å². The quantitative estimate of drug-likeness (QED) is 0.806. The zero-order chi connectivity index (χ0) is 14.1. The number of hydrogen-bond donors (Lipinski definition) is 0. The first-order chi connectivity index (χ1) is 9.65. The molecule has 1 aromatic heterocycles. The number of ketones is 2. The van der Waals surface area contributed by atoms with Gasteiger partial charge in [-0.05, 0) is 28.1 Å². The van der Waals surface area contributed by atoms with Crippen LogP contribution in [0, 0.1) is 0 Å². The molecule has 0 radical (unpaired) electrons. The largest absolute Gasteiger partial charge is 0.294 e. The van der Waals surface area contributed by atoms with Gasteiger partial charge < -0.3 is 0 Å². The summed E-state index contributed by atoms with van der Waals surface area (Å²) in [5.41, 5.74) is 1.13. The van der Waals surface area contributed by atoms with Gasteiger partial charge in [0.2, 0.25) is 5.78 Å². The third-order valence-electron chi connectivity index (χ3n) is 3.02. The van der Waals surface area contributed by atoms with Crippen LogP contribution in [0.4, 0.5) is 5.82 Å². The molecule has 0 saturated heterocycles. The molecule has 0 amide bonds. The molecule has 20 heavy (non-hydrogen) atoms. The van der Waals surface area contributed by atoms with Gasteiger partial charge in [-0.25, -0.2) is 9.98 Å². The van der Waals surface area contributed by atoms with Crippen LogP contribution in [-0.4, -0.2) is 22.3 Å². The SMILES string of the molecule is O=C1CC(=Nc2ccc(Br)cn2)C(=O)c2ccccc21. The van der Waals surface area contributed by atoms with Crippen LogP contribution >= 0.6 is 15.9 Å². The summed E-state index contributed by atoms with van der Waals surface area (Å²) < 4.78 is 0.831. The highest BCUT2D eigenvalue weighted by Crippen LogP contribution is 2.22. The van der Waals surface area contributed by atoms with Gasteiger partial charge in [0.25, 0.3) is 0 Å². The highest BCUT2D eigenvalue weighted by molar-refractivity contribution is 9.10. The van der Waals surface area contributed by atoms with Crippen molar-refractivity contribution in [2.75, 3.05) is 0 Å². The minimum absolute atomic E-state index is 0.0214. The lowest BCUT2D eigenvalue weighted by molar-refractivity contribution is 0.0965. The number of halogens is 1. The van der Waals surface area contributed by atoms with E-state index in [1.807, 2.05) is 0 Å². The number of carbonyl (C=O) groups is 2.